The molecular formula is C17H20FNO3. The lowest BCUT2D eigenvalue weighted by molar-refractivity contribution is 0.260. The van der Waals surface area contributed by atoms with Gasteiger partial charge < -0.3 is 9.15 Å². The summed E-state index contributed by atoms with van der Waals surface area (Å²) in [6.45, 7) is 3.15. The minimum atomic E-state index is -0.589. The average molecular weight is 305 g/mol. The molecular weight excluding hydrogens is 285 g/mol. The summed E-state index contributed by atoms with van der Waals surface area (Å²) in [5, 5.41) is 0. The highest BCUT2D eigenvalue weighted by Gasteiger charge is 2.25. The minimum absolute atomic E-state index is 0.0633. The number of hydrogen-bond donors (Lipinski definition) is 0. The maximum absolute atomic E-state index is 12.4. The first-order valence-electron chi connectivity index (χ1n) is 7.79. The molecule has 0 N–H and O–H groups in total. The van der Waals surface area contributed by atoms with Crippen LogP contribution in [-0.4, -0.2) is 19.2 Å². The second-order valence-electron chi connectivity index (χ2n) is 5.92. The predicted octanol–water partition coefficient (Wildman–Crippen LogP) is 3.18. The SMILES string of the molecule is C=C1Cc2oc(=O)cc(CCCC3CC3)c2C(OCCF)=N1. The van der Waals surface area contributed by atoms with Crippen LogP contribution in [0.3, 0.4) is 0 Å². The molecule has 22 heavy (non-hydrogen) atoms. The van der Waals surface area contributed by atoms with Crippen LogP contribution in [0.4, 0.5) is 4.39 Å². The van der Waals surface area contributed by atoms with Crippen molar-refractivity contribution < 1.29 is 13.5 Å². The van der Waals surface area contributed by atoms with E-state index in [1.54, 1.807) is 0 Å². The zero-order chi connectivity index (χ0) is 15.5. The molecule has 0 unspecified atom stereocenters. The fourth-order valence-electron chi connectivity index (χ4n) is 2.83. The summed E-state index contributed by atoms with van der Waals surface area (Å²) in [6.07, 6.45) is 6.03. The lowest BCUT2D eigenvalue weighted by atomic mass is 9.97. The Morgan fingerprint density at radius 1 is 1.45 bits per heavy atom. The third-order valence-corrected chi connectivity index (χ3v) is 4.03. The predicted molar refractivity (Wildman–Crippen MR) is 81.9 cm³/mol. The normalized spacial score (nSPS) is 17.1. The van der Waals surface area contributed by atoms with Crippen molar-refractivity contribution >= 4 is 5.90 Å². The zero-order valence-corrected chi connectivity index (χ0v) is 12.6. The van der Waals surface area contributed by atoms with Gasteiger partial charge in [-0.25, -0.2) is 14.2 Å². The molecule has 0 aromatic carbocycles. The highest BCUT2D eigenvalue weighted by molar-refractivity contribution is 5.98. The van der Waals surface area contributed by atoms with Crippen LogP contribution < -0.4 is 5.63 Å². The summed E-state index contributed by atoms with van der Waals surface area (Å²) in [5.74, 6) is 1.71. The van der Waals surface area contributed by atoms with Crippen molar-refractivity contribution in [1.29, 1.82) is 0 Å². The van der Waals surface area contributed by atoms with Gasteiger partial charge in [0.15, 0.2) is 0 Å². The molecule has 118 valence electrons. The van der Waals surface area contributed by atoms with Crippen LogP contribution in [0.25, 0.3) is 0 Å². The molecule has 1 aliphatic heterocycles. The number of nitrogens with zero attached hydrogens (tertiary/aromatic N) is 1. The van der Waals surface area contributed by atoms with Gasteiger partial charge in [0.25, 0.3) is 0 Å². The standard InChI is InChI=1S/C17H20FNO3/c1-11-9-14-16(17(19-11)21-8-7-18)13(10-15(20)22-14)4-2-3-12-5-6-12/h10,12H,1-9H2. The Kier molecular flexibility index (Phi) is 4.41. The van der Waals surface area contributed by atoms with E-state index in [0.29, 0.717) is 23.8 Å². The van der Waals surface area contributed by atoms with Crippen LogP contribution >= 0.6 is 0 Å². The molecule has 3 rings (SSSR count). The molecule has 4 nitrogen and oxygen atoms in total. The number of halogens is 1. The monoisotopic (exact) mass is 305 g/mol. The van der Waals surface area contributed by atoms with Gasteiger partial charge in [-0.3, -0.25) is 0 Å². The minimum Gasteiger partial charge on any atom is -0.474 e. The lowest BCUT2D eigenvalue weighted by Crippen LogP contribution is -2.21. The van der Waals surface area contributed by atoms with Crippen LogP contribution in [0, 0.1) is 5.92 Å². The fourth-order valence-corrected chi connectivity index (χ4v) is 2.83. The number of allylic oxidation sites excluding steroid dienone is 1. The molecule has 0 spiro atoms. The van der Waals surface area contributed by atoms with E-state index in [-0.39, 0.29) is 12.2 Å². The third-order valence-electron chi connectivity index (χ3n) is 4.03. The molecule has 1 aromatic heterocycles. The fraction of sp³-hybridized carbons (Fsp3) is 0.529. The van der Waals surface area contributed by atoms with E-state index in [0.717, 1.165) is 29.9 Å². The number of fused-ring (bicyclic) bond motifs is 1. The summed E-state index contributed by atoms with van der Waals surface area (Å²) in [4.78, 5) is 16.0. The van der Waals surface area contributed by atoms with Gasteiger partial charge >= 0.3 is 5.63 Å². The molecule has 0 amide bonds. The maximum atomic E-state index is 12.4. The molecule has 0 saturated heterocycles. The van der Waals surface area contributed by atoms with E-state index in [1.165, 1.54) is 25.3 Å². The topological polar surface area (TPSA) is 51.8 Å². The molecule has 1 saturated carbocycles. The molecule has 2 heterocycles. The van der Waals surface area contributed by atoms with Gasteiger partial charge in [-0.1, -0.05) is 25.8 Å². The first kappa shape index (κ1) is 15.0. The van der Waals surface area contributed by atoms with E-state index < -0.39 is 6.67 Å². The Hall–Kier alpha value is -1.91. The van der Waals surface area contributed by atoms with Crippen LogP contribution in [0.1, 0.15) is 42.6 Å². The van der Waals surface area contributed by atoms with Gasteiger partial charge in [0.1, 0.15) is 19.0 Å². The Balaban J connectivity index is 1.87. The number of alkyl halides is 1. The number of hydrogen-bond acceptors (Lipinski definition) is 4. The highest BCUT2D eigenvalue weighted by atomic mass is 19.1. The second kappa shape index (κ2) is 6.46. The number of aryl methyl sites for hydroxylation is 1. The molecule has 0 radical (unpaired) electrons. The van der Waals surface area contributed by atoms with Crippen molar-refractivity contribution in [3.05, 3.63) is 45.6 Å². The molecule has 0 bridgehead atoms. The van der Waals surface area contributed by atoms with E-state index in [1.807, 2.05) is 0 Å². The summed E-state index contributed by atoms with van der Waals surface area (Å²) in [5.41, 5.74) is 1.80. The van der Waals surface area contributed by atoms with E-state index >= 15 is 0 Å². The van der Waals surface area contributed by atoms with Gasteiger partial charge in [0.2, 0.25) is 5.90 Å². The van der Waals surface area contributed by atoms with Crippen LogP contribution in [0.2, 0.25) is 0 Å². The third kappa shape index (κ3) is 3.46. The maximum Gasteiger partial charge on any atom is 0.336 e. The van der Waals surface area contributed by atoms with Crippen molar-refractivity contribution in [3.63, 3.8) is 0 Å². The quantitative estimate of drug-likeness (QED) is 0.811. The van der Waals surface area contributed by atoms with Gasteiger partial charge in [0.05, 0.1) is 5.56 Å². The summed E-state index contributed by atoms with van der Waals surface area (Å²) < 4.78 is 23.1. The largest absolute Gasteiger partial charge is 0.474 e. The molecule has 1 aromatic rings. The molecule has 0 atom stereocenters. The summed E-state index contributed by atoms with van der Waals surface area (Å²) in [7, 11) is 0. The molecule has 1 fully saturated rings. The van der Waals surface area contributed by atoms with Crippen LogP contribution in [-0.2, 0) is 17.6 Å². The van der Waals surface area contributed by atoms with E-state index in [9.17, 15) is 9.18 Å². The van der Waals surface area contributed by atoms with Crippen molar-refractivity contribution in [3.8, 4) is 0 Å². The van der Waals surface area contributed by atoms with E-state index in [2.05, 4.69) is 11.6 Å². The van der Waals surface area contributed by atoms with Crippen molar-refractivity contribution in [2.75, 3.05) is 13.3 Å². The van der Waals surface area contributed by atoms with Crippen molar-refractivity contribution in [2.45, 2.75) is 38.5 Å². The van der Waals surface area contributed by atoms with Crippen LogP contribution in [0.5, 0.6) is 0 Å². The second-order valence-corrected chi connectivity index (χ2v) is 5.92. The van der Waals surface area contributed by atoms with Crippen molar-refractivity contribution in [2.24, 2.45) is 10.9 Å². The summed E-state index contributed by atoms with van der Waals surface area (Å²) >= 11 is 0. The zero-order valence-electron chi connectivity index (χ0n) is 12.6. The number of ether oxygens (including phenoxy) is 1. The summed E-state index contributed by atoms with van der Waals surface area (Å²) in [6, 6.07) is 1.51. The first-order chi connectivity index (χ1) is 10.7. The van der Waals surface area contributed by atoms with Crippen molar-refractivity contribution in [1.82, 2.24) is 0 Å². The number of aliphatic imine (C=N–C) groups is 1. The Bertz CT molecular complexity index is 658. The Morgan fingerprint density at radius 2 is 2.27 bits per heavy atom. The molecule has 5 heteroatoms. The van der Waals surface area contributed by atoms with Gasteiger partial charge in [0, 0.05) is 18.2 Å². The highest BCUT2D eigenvalue weighted by Crippen LogP contribution is 2.34. The Morgan fingerprint density at radius 3 is 3.00 bits per heavy atom. The number of rotatable bonds is 6. The first-order valence-corrected chi connectivity index (χ1v) is 7.79. The lowest BCUT2D eigenvalue weighted by Gasteiger charge is -2.19. The van der Waals surface area contributed by atoms with Gasteiger partial charge in [-0.05, 0) is 24.3 Å². The molecule has 2 aliphatic rings. The van der Waals surface area contributed by atoms with E-state index in [4.69, 9.17) is 9.15 Å². The average Bonchev–Trinajstić information content (AvgIpc) is 3.28. The Labute approximate surface area is 128 Å². The van der Waals surface area contributed by atoms with Gasteiger partial charge in [-0.15, -0.1) is 0 Å². The molecule has 1 aliphatic carbocycles. The van der Waals surface area contributed by atoms with Crippen LogP contribution in [0.15, 0.2) is 32.5 Å². The van der Waals surface area contributed by atoms with Gasteiger partial charge in [-0.2, -0.15) is 0 Å². The smallest absolute Gasteiger partial charge is 0.336 e.